The number of hydrogen-bond acceptors (Lipinski definition) is 5. The van der Waals surface area contributed by atoms with Gasteiger partial charge in [0, 0.05) is 19.0 Å². The van der Waals surface area contributed by atoms with Gasteiger partial charge in [-0.05, 0) is 24.6 Å². The maximum atomic E-state index is 12.2. The average Bonchev–Trinajstić information content (AvgIpc) is 3.04. The van der Waals surface area contributed by atoms with Crippen molar-refractivity contribution in [2.24, 2.45) is 12.2 Å². The highest BCUT2D eigenvalue weighted by atomic mass is 16.6. The van der Waals surface area contributed by atoms with E-state index in [0.717, 1.165) is 18.6 Å². The molecule has 1 N–H and O–H groups in total. The van der Waals surface area contributed by atoms with Gasteiger partial charge in [-0.3, -0.25) is 9.59 Å². The van der Waals surface area contributed by atoms with E-state index in [0.29, 0.717) is 23.0 Å². The Hall–Kier alpha value is -2.70. The Morgan fingerprint density at radius 2 is 2.30 bits per heavy atom. The number of hydrogen-bond donors (Lipinski definition) is 1. The molecule has 1 aliphatic rings. The molecule has 1 atom stereocenters. The lowest BCUT2D eigenvalue weighted by atomic mass is 10.1. The lowest BCUT2D eigenvalue weighted by Gasteiger charge is -2.10. The molecule has 2 aromatic rings. The lowest BCUT2D eigenvalue weighted by Crippen LogP contribution is -2.32. The Bertz CT molecular complexity index is 841. The van der Waals surface area contributed by atoms with Crippen molar-refractivity contribution in [1.82, 2.24) is 14.9 Å². The molecule has 0 saturated heterocycles. The zero-order valence-electron chi connectivity index (χ0n) is 13.1. The molecule has 120 valence electrons. The van der Waals surface area contributed by atoms with Crippen molar-refractivity contribution in [3.63, 3.8) is 0 Å². The Morgan fingerprint density at radius 1 is 1.48 bits per heavy atom. The molecule has 1 aromatic heterocycles. The summed E-state index contributed by atoms with van der Waals surface area (Å²) in [5.41, 5.74) is 1.85. The fourth-order valence-electron chi connectivity index (χ4n) is 2.47. The van der Waals surface area contributed by atoms with Gasteiger partial charge in [-0.1, -0.05) is 12.1 Å². The van der Waals surface area contributed by atoms with Crippen LogP contribution in [-0.4, -0.2) is 33.8 Å². The van der Waals surface area contributed by atoms with Crippen LogP contribution in [0.25, 0.3) is 10.9 Å². The van der Waals surface area contributed by atoms with Crippen LogP contribution in [0.2, 0.25) is 0 Å². The Balaban J connectivity index is 1.69. The average molecular weight is 314 g/mol. The molecule has 1 unspecified atom stereocenters. The monoisotopic (exact) mass is 314 g/mol. The molecule has 3 rings (SSSR count). The summed E-state index contributed by atoms with van der Waals surface area (Å²) in [7, 11) is 1.64. The predicted molar refractivity (Wildman–Crippen MR) is 86.5 cm³/mol. The number of aromatic nitrogens is 2. The summed E-state index contributed by atoms with van der Waals surface area (Å²) in [5, 5.41) is 7.28. The molecule has 2 heterocycles. The maximum absolute atomic E-state index is 12.2. The quantitative estimate of drug-likeness (QED) is 0.919. The molecule has 0 fully saturated rings. The minimum absolute atomic E-state index is 0.111. The normalized spacial score (nSPS) is 17.0. The number of carbonyl (C=O) groups excluding carboxylic acids is 1. The zero-order valence-corrected chi connectivity index (χ0v) is 13.1. The number of carbonyl (C=O) groups is 1. The van der Waals surface area contributed by atoms with Gasteiger partial charge in [0.2, 0.25) is 0 Å². The fourth-order valence-corrected chi connectivity index (χ4v) is 2.47. The fraction of sp³-hybridized carbons (Fsp3) is 0.375. The summed E-state index contributed by atoms with van der Waals surface area (Å²) < 4.78 is 1.41. The zero-order chi connectivity index (χ0) is 16.4. The van der Waals surface area contributed by atoms with Gasteiger partial charge in [0.25, 0.3) is 11.5 Å². The third-order valence-corrected chi connectivity index (χ3v) is 3.87. The highest BCUT2D eigenvalue weighted by molar-refractivity contribution is 5.97. The first-order valence-electron chi connectivity index (χ1n) is 7.53. The van der Waals surface area contributed by atoms with Crippen LogP contribution >= 0.6 is 0 Å². The Kier molecular flexibility index (Phi) is 4.10. The standard InChI is InChI=1S/C16H18N4O3/c1-3-11-7-12(23-19-11)8-17-15(21)10-4-5-13-14(6-10)18-9-20(2)16(13)22/h4-6,9,12H,3,7-8H2,1-2H3,(H,17,21). The van der Waals surface area contributed by atoms with E-state index < -0.39 is 0 Å². The first-order chi connectivity index (χ1) is 11.1. The minimum Gasteiger partial charge on any atom is -0.390 e. The van der Waals surface area contributed by atoms with Crippen molar-refractivity contribution in [2.75, 3.05) is 6.54 Å². The van der Waals surface area contributed by atoms with E-state index in [2.05, 4.69) is 15.5 Å². The summed E-state index contributed by atoms with van der Waals surface area (Å²) in [6.07, 6.45) is 2.93. The van der Waals surface area contributed by atoms with Crippen LogP contribution in [0.1, 0.15) is 30.1 Å². The molecule has 1 aliphatic heterocycles. The first kappa shape index (κ1) is 15.2. The van der Waals surface area contributed by atoms with Gasteiger partial charge in [-0.15, -0.1) is 0 Å². The molecule has 0 bridgehead atoms. The van der Waals surface area contributed by atoms with Gasteiger partial charge in [0.05, 0.1) is 29.5 Å². The summed E-state index contributed by atoms with van der Waals surface area (Å²) in [6.45, 7) is 2.42. The third kappa shape index (κ3) is 3.08. The number of nitrogens with zero attached hydrogens (tertiary/aromatic N) is 3. The van der Waals surface area contributed by atoms with Gasteiger partial charge in [0.15, 0.2) is 0 Å². The molecule has 0 spiro atoms. The van der Waals surface area contributed by atoms with Crippen molar-refractivity contribution < 1.29 is 9.63 Å². The summed E-state index contributed by atoms with van der Waals surface area (Å²) >= 11 is 0. The first-order valence-corrected chi connectivity index (χ1v) is 7.53. The van der Waals surface area contributed by atoms with E-state index in [4.69, 9.17) is 4.84 Å². The summed E-state index contributed by atoms with van der Waals surface area (Å²) in [5.74, 6) is -0.220. The highest BCUT2D eigenvalue weighted by Crippen LogP contribution is 2.13. The van der Waals surface area contributed by atoms with E-state index in [1.807, 2.05) is 6.92 Å². The molecule has 7 nitrogen and oxygen atoms in total. The Labute approximate surface area is 133 Å². The van der Waals surface area contributed by atoms with Crippen LogP contribution in [0, 0.1) is 0 Å². The summed E-state index contributed by atoms with van der Waals surface area (Å²) in [6, 6.07) is 4.88. The second kappa shape index (κ2) is 6.20. The van der Waals surface area contributed by atoms with Crippen molar-refractivity contribution in [1.29, 1.82) is 0 Å². The van der Waals surface area contributed by atoms with Crippen LogP contribution in [0.4, 0.5) is 0 Å². The van der Waals surface area contributed by atoms with Gasteiger partial charge < -0.3 is 14.7 Å². The minimum atomic E-state index is -0.220. The molecule has 0 aliphatic carbocycles. The largest absolute Gasteiger partial charge is 0.390 e. The van der Waals surface area contributed by atoms with Crippen LogP contribution in [0.3, 0.4) is 0 Å². The topological polar surface area (TPSA) is 85.6 Å². The molecule has 7 heteroatoms. The van der Waals surface area contributed by atoms with Crippen LogP contribution in [0.15, 0.2) is 34.5 Å². The maximum Gasteiger partial charge on any atom is 0.260 e. The van der Waals surface area contributed by atoms with E-state index in [1.54, 1.807) is 25.2 Å². The molecular weight excluding hydrogens is 296 g/mol. The molecular formula is C16H18N4O3. The molecule has 0 radical (unpaired) electrons. The second-order valence-corrected chi connectivity index (χ2v) is 5.55. The van der Waals surface area contributed by atoms with Gasteiger partial charge >= 0.3 is 0 Å². The molecule has 1 aromatic carbocycles. The lowest BCUT2D eigenvalue weighted by molar-refractivity contribution is 0.0753. The Morgan fingerprint density at radius 3 is 3.04 bits per heavy atom. The predicted octanol–water partition coefficient (Wildman–Crippen LogP) is 1.22. The highest BCUT2D eigenvalue weighted by Gasteiger charge is 2.20. The van der Waals surface area contributed by atoms with Gasteiger partial charge in [0.1, 0.15) is 6.10 Å². The van der Waals surface area contributed by atoms with E-state index >= 15 is 0 Å². The number of fused-ring (bicyclic) bond motifs is 1. The van der Waals surface area contributed by atoms with Crippen LogP contribution < -0.4 is 10.9 Å². The number of oxime groups is 1. The van der Waals surface area contributed by atoms with Crippen molar-refractivity contribution in [3.8, 4) is 0 Å². The van der Waals surface area contributed by atoms with Gasteiger partial charge in [-0.2, -0.15) is 0 Å². The third-order valence-electron chi connectivity index (χ3n) is 3.87. The SMILES string of the molecule is CCC1=NOC(CNC(=O)c2ccc3c(=O)n(C)cnc3c2)C1. The van der Waals surface area contributed by atoms with E-state index in [1.165, 1.54) is 10.9 Å². The molecule has 23 heavy (non-hydrogen) atoms. The smallest absolute Gasteiger partial charge is 0.260 e. The van der Waals surface area contributed by atoms with E-state index in [-0.39, 0.29) is 17.6 Å². The number of nitrogens with one attached hydrogen (secondary N) is 1. The molecule has 0 saturated carbocycles. The van der Waals surface area contributed by atoms with E-state index in [9.17, 15) is 9.59 Å². The number of rotatable bonds is 4. The van der Waals surface area contributed by atoms with Crippen LogP contribution in [0.5, 0.6) is 0 Å². The van der Waals surface area contributed by atoms with Crippen LogP contribution in [-0.2, 0) is 11.9 Å². The van der Waals surface area contributed by atoms with Crippen molar-refractivity contribution in [2.45, 2.75) is 25.9 Å². The number of benzene rings is 1. The van der Waals surface area contributed by atoms with Crippen molar-refractivity contribution >= 4 is 22.5 Å². The number of amides is 1. The van der Waals surface area contributed by atoms with Crippen molar-refractivity contribution in [3.05, 3.63) is 40.4 Å². The second-order valence-electron chi connectivity index (χ2n) is 5.55. The number of aryl methyl sites for hydroxylation is 1. The van der Waals surface area contributed by atoms with Gasteiger partial charge in [-0.25, -0.2) is 4.98 Å². The molecule has 1 amide bonds. The summed E-state index contributed by atoms with van der Waals surface area (Å²) in [4.78, 5) is 33.6.